The molecule has 1 aromatic rings. The van der Waals surface area contributed by atoms with E-state index in [-0.39, 0.29) is 24.2 Å². The van der Waals surface area contributed by atoms with E-state index in [1.54, 1.807) is 13.2 Å². The number of benzene rings is 1. The number of fused-ring (bicyclic) bond motifs is 1. The van der Waals surface area contributed by atoms with Crippen molar-refractivity contribution in [3.05, 3.63) is 33.8 Å². The molecule has 4 nitrogen and oxygen atoms in total. The third kappa shape index (κ3) is 4.05. The Morgan fingerprint density at radius 1 is 1.33 bits per heavy atom. The minimum absolute atomic E-state index is 0.0438. The molecule has 1 saturated carbocycles. The maximum Gasteiger partial charge on any atom is 0.222 e. The largest absolute Gasteiger partial charge is 0.384 e. The smallest absolute Gasteiger partial charge is 0.222 e. The molecule has 0 spiro atoms. The molecule has 1 N–H and O–H groups in total. The number of hydrogen-bond acceptors (Lipinski definition) is 3. The third-order valence-corrected chi connectivity index (χ3v) is 5.76. The maximum absolute atomic E-state index is 12.1. The Morgan fingerprint density at radius 3 is 2.92 bits per heavy atom. The summed E-state index contributed by atoms with van der Waals surface area (Å²) in [4.78, 5) is 12.1. The molecule has 0 aromatic heterocycles. The van der Waals surface area contributed by atoms with Gasteiger partial charge in [0.05, 0.1) is 28.9 Å². The SMILES string of the molecule is COCCC(=O)N[C@@H]1C[C@H](c2ccc(Cl)c(Cl)c2)O[C@@H]2CCC[C@@H]12. The van der Waals surface area contributed by atoms with Gasteiger partial charge in [-0.3, -0.25) is 4.79 Å². The summed E-state index contributed by atoms with van der Waals surface area (Å²) in [5.74, 6) is 0.442. The number of halogens is 2. The Morgan fingerprint density at radius 2 is 2.17 bits per heavy atom. The lowest BCUT2D eigenvalue weighted by Crippen LogP contribution is -2.48. The van der Waals surface area contributed by atoms with Crippen LogP contribution in [0.4, 0.5) is 0 Å². The highest BCUT2D eigenvalue weighted by Gasteiger charge is 2.42. The molecular formula is C18H23Cl2NO3. The molecule has 3 rings (SSSR count). The molecule has 1 aliphatic heterocycles. The van der Waals surface area contributed by atoms with Crippen LogP contribution < -0.4 is 5.32 Å². The Kier molecular flexibility index (Phi) is 6.03. The molecule has 1 aliphatic carbocycles. The average molecular weight is 372 g/mol. The van der Waals surface area contributed by atoms with Crippen LogP contribution in [0.2, 0.25) is 10.0 Å². The number of rotatable bonds is 5. The monoisotopic (exact) mass is 371 g/mol. The van der Waals surface area contributed by atoms with Crippen molar-refractivity contribution in [3.8, 4) is 0 Å². The predicted octanol–water partition coefficient (Wildman–Crippen LogP) is 4.14. The van der Waals surface area contributed by atoms with Gasteiger partial charge in [0, 0.05) is 25.5 Å². The molecule has 1 aromatic carbocycles. The van der Waals surface area contributed by atoms with Crippen molar-refractivity contribution < 1.29 is 14.3 Å². The lowest BCUT2D eigenvalue weighted by molar-refractivity contribution is -0.127. The van der Waals surface area contributed by atoms with Gasteiger partial charge in [-0.1, -0.05) is 35.7 Å². The van der Waals surface area contributed by atoms with E-state index in [4.69, 9.17) is 32.7 Å². The van der Waals surface area contributed by atoms with E-state index < -0.39 is 0 Å². The predicted molar refractivity (Wildman–Crippen MR) is 94.5 cm³/mol. The van der Waals surface area contributed by atoms with Crippen molar-refractivity contribution in [2.24, 2.45) is 5.92 Å². The topological polar surface area (TPSA) is 47.6 Å². The van der Waals surface area contributed by atoms with E-state index in [1.165, 1.54) is 0 Å². The maximum atomic E-state index is 12.1. The second-order valence-corrected chi connectivity index (χ2v) is 7.40. The van der Waals surface area contributed by atoms with E-state index in [9.17, 15) is 4.79 Å². The summed E-state index contributed by atoms with van der Waals surface area (Å²) < 4.78 is 11.3. The highest BCUT2D eigenvalue weighted by molar-refractivity contribution is 6.42. The Bertz CT molecular complexity index is 596. The van der Waals surface area contributed by atoms with Gasteiger partial charge in [-0.05, 0) is 37.0 Å². The molecule has 0 unspecified atom stereocenters. The molecule has 24 heavy (non-hydrogen) atoms. The highest BCUT2D eigenvalue weighted by Crippen LogP contribution is 2.43. The quantitative estimate of drug-likeness (QED) is 0.845. The van der Waals surface area contributed by atoms with Gasteiger partial charge in [-0.15, -0.1) is 0 Å². The lowest BCUT2D eigenvalue weighted by Gasteiger charge is -2.39. The molecule has 2 fully saturated rings. The lowest BCUT2D eigenvalue weighted by atomic mass is 9.86. The van der Waals surface area contributed by atoms with Crippen LogP contribution in [0, 0.1) is 5.92 Å². The van der Waals surface area contributed by atoms with Crippen molar-refractivity contribution in [2.45, 2.75) is 50.4 Å². The number of hydrogen-bond donors (Lipinski definition) is 1. The number of carbonyl (C=O) groups is 1. The van der Waals surface area contributed by atoms with Crippen LogP contribution in [-0.4, -0.2) is 31.8 Å². The zero-order valence-corrected chi connectivity index (χ0v) is 15.3. The van der Waals surface area contributed by atoms with Gasteiger partial charge in [0.2, 0.25) is 5.91 Å². The summed E-state index contributed by atoms with van der Waals surface area (Å²) in [6.45, 7) is 0.444. The van der Waals surface area contributed by atoms with Crippen LogP contribution in [0.5, 0.6) is 0 Å². The van der Waals surface area contributed by atoms with Gasteiger partial charge in [-0.25, -0.2) is 0 Å². The molecule has 2 aliphatic rings. The molecule has 132 valence electrons. The van der Waals surface area contributed by atoms with Crippen molar-refractivity contribution >= 4 is 29.1 Å². The minimum atomic E-state index is -0.0631. The van der Waals surface area contributed by atoms with E-state index in [1.807, 2.05) is 12.1 Å². The number of carbonyl (C=O) groups excluding carboxylic acids is 1. The zero-order chi connectivity index (χ0) is 17.1. The molecule has 1 amide bonds. The molecule has 4 atom stereocenters. The van der Waals surface area contributed by atoms with Crippen LogP contribution in [0.1, 0.15) is 43.8 Å². The van der Waals surface area contributed by atoms with Gasteiger partial charge in [0.1, 0.15) is 0 Å². The van der Waals surface area contributed by atoms with Crippen LogP contribution in [0.25, 0.3) is 0 Å². The molecule has 6 heteroatoms. The van der Waals surface area contributed by atoms with Gasteiger partial charge in [0.25, 0.3) is 0 Å². The second-order valence-electron chi connectivity index (χ2n) is 6.58. The van der Waals surface area contributed by atoms with E-state index in [0.717, 1.165) is 31.2 Å². The number of ether oxygens (including phenoxy) is 2. The van der Waals surface area contributed by atoms with Gasteiger partial charge < -0.3 is 14.8 Å². The zero-order valence-electron chi connectivity index (χ0n) is 13.8. The van der Waals surface area contributed by atoms with E-state index >= 15 is 0 Å². The van der Waals surface area contributed by atoms with Crippen molar-refractivity contribution in [1.82, 2.24) is 5.32 Å². The fourth-order valence-corrected chi connectivity index (χ4v) is 4.13. The fraction of sp³-hybridized carbons (Fsp3) is 0.611. The summed E-state index contributed by atoms with van der Waals surface area (Å²) in [5.41, 5.74) is 1.02. The van der Waals surface area contributed by atoms with Gasteiger partial charge in [0.15, 0.2) is 0 Å². The van der Waals surface area contributed by atoms with E-state index in [0.29, 0.717) is 29.0 Å². The molecule has 0 bridgehead atoms. The Balaban J connectivity index is 1.73. The average Bonchev–Trinajstić information content (AvgIpc) is 3.04. The molecular weight excluding hydrogens is 349 g/mol. The van der Waals surface area contributed by atoms with Crippen LogP contribution in [0.3, 0.4) is 0 Å². The third-order valence-electron chi connectivity index (χ3n) is 5.02. The van der Waals surface area contributed by atoms with Crippen molar-refractivity contribution in [1.29, 1.82) is 0 Å². The van der Waals surface area contributed by atoms with Crippen LogP contribution >= 0.6 is 23.2 Å². The van der Waals surface area contributed by atoms with Crippen molar-refractivity contribution in [2.75, 3.05) is 13.7 Å². The molecule has 0 radical (unpaired) electrons. The first-order chi connectivity index (χ1) is 11.6. The fourth-order valence-electron chi connectivity index (χ4n) is 3.82. The number of amides is 1. The van der Waals surface area contributed by atoms with Crippen LogP contribution in [-0.2, 0) is 14.3 Å². The van der Waals surface area contributed by atoms with Gasteiger partial charge >= 0.3 is 0 Å². The normalized spacial score (nSPS) is 29.3. The van der Waals surface area contributed by atoms with Crippen LogP contribution in [0.15, 0.2) is 18.2 Å². The summed E-state index contributed by atoms with van der Waals surface area (Å²) >= 11 is 12.2. The summed E-state index contributed by atoms with van der Waals surface area (Å²) in [5, 5.41) is 4.27. The van der Waals surface area contributed by atoms with E-state index in [2.05, 4.69) is 5.32 Å². The summed E-state index contributed by atoms with van der Waals surface area (Å²) in [7, 11) is 1.61. The number of nitrogens with one attached hydrogen (secondary N) is 1. The second kappa shape index (κ2) is 8.05. The van der Waals surface area contributed by atoms with Crippen molar-refractivity contribution in [3.63, 3.8) is 0 Å². The summed E-state index contributed by atoms with van der Waals surface area (Å²) in [6.07, 6.45) is 4.59. The minimum Gasteiger partial charge on any atom is -0.384 e. The summed E-state index contributed by atoms with van der Waals surface area (Å²) in [6, 6.07) is 5.76. The first kappa shape index (κ1) is 18.0. The Labute approximate surface area is 152 Å². The number of methoxy groups -OCH3 is 1. The Hall–Kier alpha value is -0.810. The molecule has 1 heterocycles. The van der Waals surface area contributed by atoms with Gasteiger partial charge in [-0.2, -0.15) is 0 Å². The molecule has 1 saturated heterocycles. The first-order valence-electron chi connectivity index (χ1n) is 8.47. The first-order valence-corrected chi connectivity index (χ1v) is 9.22. The standard InChI is InChI=1S/C18H23Cl2NO3/c1-23-8-7-18(22)21-15-10-17(24-16-4-2-3-12(15)16)11-5-6-13(19)14(20)9-11/h5-6,9,12,15-17H,2-4,7-8,10H2,1H3,(H,21,22)/t12-,15+,16+,17+/m0/s1. The highest BCUT2D eigenvalue weighted by atomic mass is 35.5.